The summed E-state index contributed by atoms with van der Waals surface area (Å²) in [6.45, 7) is 2.89. The first-order valence-electron chi connectivity index (χ1n) is 10.8. The predicted molar refractivity (Wildman–Crippen MR) is 119 cm³/mol. The number of amides is 3. The molecule has 13 heteroatoms. The molecule has 0 aliphatic carbocycles. The van der Waals surface area contributed by atoms with Crippen molar-refractivity contribution in [2.75, 3.05) is 13.1 Å². The van der Waals surface area contributed by atoms with E-state index in [1.165, 1.54) is 6.07 Å². The predicted octanol–water partition coefficient (Wildman–Crippen LogP) is 0.583. The van der Waals surface area contributed by atoms with Crippen molar-refractivity contribution in [3.05, 3.63) is 63.8 Å². The topological polar surface area (TPSA) is 155 Å². The van der Waals surface area contributed by atoms with Gasteiger partial charge in [0.1, 0.15) is 17.4 Å². The zero-order valence-corrected chi connectivity index (χ0v) is 18.5. The molecule has 1 aliphatic rings. The molecule has 1 saturated heterocycles. The van der Waals surface area contributed by atoms with E-state index in [2.05, 4.69) is 25.7 Å². The van der Waals surface area contributed by atoms with Crippen LogP contribution in [-0.2, 0) is 11.3 Å². The van der Waals surface area contributed by atoms with Crippen LogP contribution >= 0.6 is 0 Å². The molecule has 0 bridgehead atoms. The third-order valence-corrected chi connectivity index (χ3v) is 5.72. The number of benzene rings is 1. The van der Waals surface area contributed by atoms with Crippen molar-refractivity contribution in [1.29, 1.82) is 0 Å². The van der Waals surface area contributed by atoms with Crippen molar-refractivity contribution in [3.63, 3.8) is 0 Å². The number of nitrogens with zero attached hydrogens (tertiary/aromatic N) is 4. The van der Waals surface area contributed by atoms with Crippen LogP contribution < -0.4 is 16.4 Å². The zero-order valence-electron chi connectivity index (χ0n) is 18.5. The Morgan fingerprint density at radius 1 is 1.23 bits per heavy atom. The molecule has 0 radical (unpaired) electrons. The number of carbonyl (C=O) groups is 3. The number of hydrogen-bond donors (Lipinski definition) is 3. The Hall–Kier alpha value is -4.55. The second-order valence-electron chi connectivity index (χ2n) is 8.16. The molecule has 1 aliphatic heterocycles. The molecular formula is C22H20FN7O5. The summed E-state index contributed by atoms with van der Waals surface area (Å²) in [5, 5.41) is 9.06. The number of nitrogens with one attached hydrogen (secondary N) is 3. The van der Waals surface area contributed by atoms with Gasteiger partial charge in [0.25, 0.3) is 11.8 Å². The van der Waals surface area contributed by atoms with Crippen LogP contribution in [0.2, 0.25) is 0 Å². The molecule has 35 heavy (non-hydrogen) atoms. The molecule has 3 amide bonds. The van der Waals surface area contributed by atoms with E-state index in [4.69, 9.17) is 4.42 Å². The minimum atomic E-state index is -0.812. The average Bonchev–Trinajstić information content (AvgIpc) is 3.36. The number of rotatable bonds is 6. The molecule has 1 aromatic carbocycles. The van der Waals surface area contributed by atoms with Crippen molar-refractivity contribution in [3.8, 4) is 0 Å². The summed E-state index contributed by atoms with van der Waals surface area (Å²) in [6, 6.07) is 5.27. The number of H-pyrrole nitrogens is 1. The summed E-state index contributed by atoms with van der Waals surface area (Å²) in [5.74, 6) is -2.99. The van der Waals surface area contributed by atoms with Crippen LogP contribution in [0.1, 0.15) is 39.9 Å². The van der Waals surface area contributed by atoms with Crippen molar-refractivity contribution in [2.24, 2.45) is 0 Å². The van der Waals surface area contributed by atoms with E-state index in [1.54, 1.807) is 30.0 Å². The fourth-order valence-corrected chi connectivity index (χ4v) is 3.74. The van der Waals surface area contributed by atoms with E-state index in [9.17, 15) is 23.6 Å². The van der Waals surface area contributed by atoms with Crippen LogP contribution in [0.4, 0.5) is 4.39 Å². The Morgan fingerprint density at radius 3 is 2.77 bits per heavy atom. The first-order chi connectivity index (χ1) is 16.8. The molecule has 1 atom stereocenters. The fraction of sp³-hybridized carbons (Fsp3) is 0.273. The number of hydrogen-bond acceptors (Lipinski definition) is 7. The van der Waals surface area contributed by atoms with Crippen molar-refractivity contribution >= 4 is 34.5 Å². The minimum absolute atomic E-state index is 0.0689. The number of aromatic amines is 1. The molecule has 4 aromatic rings. The minimum Gasteiger partial charge on any atom is -0.408 e. The lowest BCUT2D eigenvalue weighted by Gasteiger charge is -2.33. The molecule has 180 valence electrons. The summed E-state index contributed by atoms with van der Waals surface area (Å²) < 4.78 is 20.2. The Balaban J connectivity index is 1.36. The van der Waals surface area contributed by atoms with Crippen LogP contribution in [0.3, 0.4) is 0 Å². The van der Waals surface area contributed by atoms with Gasteiger partial charge in [0.05, 0.1) is 11.7 Å². The SMILES string of the molecule is C[C@H](NC(=O)c1cc(C(=O)NCc2ccc3oc(=O)[nH]c3c2)nc2c(F)cnn12)C(=O)N1CCC1. The Morgan fingerprint density at radius 2 is 2.03 bits per heavy atom. The summed E-state index contributed by atoms with van der Waals surface area (Å²) in [4.78, 5) is 57.6. The zero-order chi connectivity index (χ0) is 24.7. The molecule has 0 saturated carbocycles. The number of halogens is 1. The van der Waals surface area contributed by atoms with Crippen LogP contribution in [0.25, 0.3) is 16.7 Å². The largest absolute Gasteiger partial charge is 0.417 e. The summed E-state index contributed by atoms with van der Waals surface area (Å²) >= 11 is 0. The maximum absolute atomic E-state index is 14.3. The standard InChI is InChI=1S/C22H20FN7O5/c1-11(21(33)29-5-2-6-29)26-20(32)16-8-15(27-18-13(23)10-25-30(16)18)19(31)24-9-12-3-4-17-14(7-12)28-22(34)35-17/h3-4,7-8,10-11H,2,5-6,9H2,1H3,(H,24,31)(H,26,32)(H,28,34)/t11-/m0/s1. The third-order valence-electron chi connectivity index (χ3n) is 5.72. The quantitative estimate of drug-likeness (QED) is 0.364. The van der Waals surface area contributed by atoms with Gasteiger partial charge in [-0.3, -0.25) is 19.4 Å². The van der Waals surface area contributed by atoms with E-state index in [0.717, 1.165) is 17.1 Å². The van der Waals surface area contributed by atoms with Gasteiger partial charge in [-0.2, -0.15) is 5.10 Å². The summed E-state index contributed by atoms with van der Waals surface area (Å²) in [5.41, 5.74) is 0.860. The van der Waals surface area contributed by atoms with Crippen molar-refractivity contribution in [1.82, 2.24) is 35.1 Å². The van der Waals surface area contributed by atoms with E-state index in [0.29, 0.717) is 29.8 Å². The highest BCUT2D eigenvalue weighted by Gasteiger charge is 2.28. The Labute approximate surface area is 196 Å². The smallest absolute Gasteiger partial charge is 0.408 e. The van der Waals surface area contributed by atoms with E-state index in [-0.39, 0.29) is 29.5 Å². The van der Waals surface area contributed by atoms with Crippen LogP contribution in [0, 0.1) is 5.82 Å². The van der Waals surface area contributed by atoms with E-state index in [1.807, 2.05) is 0 Å². The van der Waals surface area contributed by atoms with Gasteiger partial charge in [0.2, 0.25) is 5.91 Å². The number of fused-ring (bicyclic) bond motifs is 2. The first-order valence-corrected chi connectivity index (χ1v) is 10.8. The lowest BCUT2D eigenvalue weighted by atomic mass is 10.1. The number of aromatic nitrogens is 4. The maximum Gasteiger partial charge on any atom is 0.417 e. The highest BCUT2D eigenvalue weighted by atomic mass is 19.1. The molecule has 0 spiro atoms. The van der Waals surface area contributed by atoms with E-state index >= 15 is 0 Å². The summed E-state index contributed by atoms with van der Waals surface area (Å²) in [7, 11) is 0. The first kappa shape index (κ1) is 22.3. The molecule has 0 unspecified atom stereocenters. The highest BCUT2D eigenvalue weighted by Crippen LogP contribution is 2.15. The fourth-order valence-electron chi connectivity index (χ4n) is 3.74. The van der Waals surface area contributed by atoms with Gasteiger partial charge in [-0.1, -0.05) is 6.07 Å². The molecule has 4 heterocycles. The number of likely N-dealkylation sites (tertiary alicyclic amines) is 1. The van der Waals surface area contributed by atoms with Gasteiger partial charge < -0.3 is 20.0 Å². The molecule has 3 aromatic heterocycles. The lowest BCUT2D eigenvalue weighted by molar-refractivity contribution is -0.136. The van der Waals surface area contributed by atoms with Gasteiger partial charge in [-0.15, -0.1) is 0 Å². The van der Waals surface area contributed by atoms with Gasteiger partial charge in [-0.25, -0.2) is 18.7 Å². The Kier molecular flexibility index (Phi) is 5.51. The van der Waals surface area contributed by atoms with Gasteiger partial charge in [0.15, 0.2) is 17.0 Å². The molecule has 5 rings (SSSR count). The van der Waals surface area contributed by atoms with Crippen LogP contribution in [-0.4, -0.2) is 61.3 Å². The van der Waals surface area contributed by atoms with Gasteiger partial charge in [0, 0.05) is 25.7 Å². The van der Waals surface area contributed by atoms with Crippen LogP contribution in [0.15, 0.2) is 39.7 Å². The highest BCUT2D eigenvalue weighted by molar-refractivity contribution is 6.00. The third kappa shape index (κ3) is 4.23. The van der Waals surface area contributed by atoms with Crippen molar-refractivity contribution < 1.29 is 23.2 Å². The van der Waals surface area contributed by atoms with Crippen molar-refractivity contribution in [2.45, 2.75) is 25.9 Å². The second-order valence-corrected chi connectivity index (χ2v) is 8.16. The maximum atomic E-state index is 14.3. The number of oxazole rings is 1. The molecule has 12 nitrogen and oxygen atoms in total. The lowest BCUT2D eigenvalue weighted by Crippen LogP contribution is -2.52. The summed E-state index contributed by atoms with van der Waals surface area (Å²) in [6.07, 6.45) is 1.80. The molecule has 3 N–H and O–H groups in total. The van der Waals surface area contributed by atoms with E-state index < -0.39 is 29.4 Å². The number of carbonyl (C=O) groups excluding carboxylic acids is 3. The Bertz CT molecular complexity index is 1530. The van der Waals surface area contributed by atoms with Gasteiger partial charge >= 0.3 is 5.76 Å². The van der Waals surface area contributed by atoms with Crippen LogP contribution in [0.5, 0.6) is 0 Å². The monoisotopic (exact) mass is 481 g/mol. The molecular weight excluding hydrogens is 461 g/mol. The second kappa shape index (κ2) is 8.66. The van der Waals surface area contributed by atoms with Gasteiger partial charge in [-0.05, 0) is 31.0 Å². The molecule has 1 fully saturated rings. The normalized spacial score (nSPS) is 14.1. The average molecular weight is 481 g/mol.